The fraction of sp³-hybridized carbons (Fsp3) is 0. The lowest BCUT2D eigenvalue weighted by Gasteiger charge is -2.21. The Labute approximate surface area is 133 Å². The summed E-state index contributed by atoms with van der Waals surface area (Å²) in [6, 6.07) is 3.92. The van der Waals surface area contributed by atoms with E-state index in [1.807, 2.05) is 0 Å². The lowest BCUT2D eigenvalue weighted by atomic mass is 9.79. The Morgan fingerprint density at radius 3 is 1.75 bits per heavy atom. The van der Waals surface area contributed by atoms with Crippen molar-refractivity contribution in [1.82, 2.24) is 0 Å². The molecule has 120 valence electrons. The van der Waals surface area contributed by atoms with E-state index in [1.165, 1.54) is 0 Å². The van der Waals surface area contributed by atoms with Crippen LogP contribution in [0.5, 0.6) is 11.5 Å². The summed E-state index contributed by atoms with van der Waals surface area (Å²) in [4.78, 5) is 47.9. The average molecular weight is 328 g/mol. The molecule has 0 saturated heterocycles. The highest BCUT2D eigenvalue weighted by Gasteiger charge is 2.39. The van der Waals surface area contributed by atoms with Gasteiger partial charge in [-0.1, -0.05) is 0 Å². The number of carboxylic acids is 2. The molecule has 2 aromatic carbocycles. The van der Waals surface area contributed by atoms with Crippen molar-refractivity contribution in [3.63, 3.8) is 0 Å². The lowest BCUT2D eigenvalue weighted by Crippen LogP contribution is -2.26. The normalized spacial score (nSPS) is 12.5. The minimum atomic E-state index is -1.70. The second-order valence-corrected chi connectivity index (χ2v) is 5.03. The maximum Gasteiger partial charge on any atom is 0.337 e. The van der Waals surface area contributed by atoms with Crippen molar-refractivity contribution >= 4 is 23.5 Å². The first-order valence-corrected chi connectivity index (χ1v) is 6.53. The molecule has 0 bridgehead atoms. The molecule has 0 spiro atoms. The number of carbonyl (C=O) groups excluding carboxylic acids is 2. The fourth-order valence-corrected chi connectivity index (χ4v) is 2.73. The first-order valence-electron chi connectivity index (χ1n) is 6.53. The van der Waals surface area contributed by atoms with Gasteiger partial charge in [-0.3, -0.25) is 9.59 Å². The number of fused-ring (bicyclic) bond motifs is 2. The molecule has 0 fully saturated rings. The van der Waals surface area contributed by atoms with E-state index in [4.69, 9.17) is 5.11 Å². The van der Waals surface area contributed by atoms with E-state index in [0.717, 1.165) is 24.3 Å². The molecule has 0 saturated carbocycles. The van der Waals surface area contributed by atoms with Crippen LogP contribution in [0.2, 0.25) is 0 Å². The Morgan fingerprint density at radius 2 is 1.25 bits per heavy atom. The number of aromatic carboxylic acids is 2. The summed E-state index contributed by atoms with van der Waals surface area (Å²) in [5.74, 6) is -6.38. The molecule has 0 atom stereocenters. The fourth-order valence-electron chi connectivity index (χ4n) is 2.73. The number of phenolic OH excluding ortho intramolecular Hbond substituents is 2. The van der Waals surface area contributed by atoms with Crippen LogP contribution in [-0.2, 0) is 0 Å². The largest absolute Gasteiger partial charge is 0.507 e. The Hall–Kier alpha value is -3.68. The van der Waals surface area contributed by atoms with Gasteiger partial charge >= 0.3 is 11.9 Å². The Bertz CT molecular complexity index is 971. The number of carbonyl (C=O) groups is 4. The number of rotatable bonds is 2. The second kappa shape index (κ2) is 4.92. The summed E-state index contributed by atoms with van der Waals surface area (Å²) in [7, 11) is 0. The second-order valence-electron chi connectivity index (χ2n) is 5.03. The number of ketones is 2. The highest BCUT2D eigenvalue weighted by atomic mass is 16.4. The zero-order valence-corrected chi connectivity index (χ0v) is 11.7. The molecule has 0 aromatic heterocycles. The van der Waals surface area contributed by atoms with Crippen LogP contribution < -0.4 is 0 Å². The molecule has 1 aliphatic rings. The number of carboxylic acid groups (broad SMARTS) is 2. The molecule has 8 heteroatoms. The van der Waals surface area contributed by atoms with Gasteiger partial charge in [-0.2, -0.15) is 0 Å². The molecule has 8 nitrogen and oxygen atoms in total. The third kappa shape index (κ3) is 1.86. The summed E-state index contributed by atoms with van der Waals surface area (Å²) in [6.45, 7) is 0. The third-order valence-electron chi connectivity index (χ3n) is 3.74. The zero-order valence-electron chi connectivity index (χ0n) is 11.7. The number of phenols is 2. The van der Waals surface area contributed by atoms with Crippen LogP contribution in [0.4, 0.5) is 0 Å². The predicted octanol–water partition coefficient (Wildman–Crippen LogP) is 1.27. The van der Waals surface area contributed by atoms with Crippen molar-refractivity contribution < 1.29 is 39.6 Å². The minimum Gasteiger partial charge on any atom is -0.507 e. The van der Waals surface area contributed by atoms with E-state index in [9.17, 15) is 34.5 Å². The first-order chi connectivity index (χ1) is 11.3. The molecule has 1 aliphatic carbocycles. The van der Waals surface area contributed by atoms with E-state index < -0.39 is 62.8 Å². The van der Waals surface area contributed by atoms with Crippen LogP contribution in [0.15, 0.2) is 24.3 Å². The maximum atomic E-state index is 12.6. The van der Waals surface area contributed by atoms with Crippen LogP contribution in [0.25, 0.3) is 0 Å². The van der Waals surface area contributed by atoms with Crippen LogP contribution in [0.1, 0.15) is 52.6 Å². The standard InChI is InChI=1S/C16H8O8/c17-7-3-4-8(18)12-11(7)13(19)5-1-2-6(15(21)22)10(16(23)24)9(5)14(12)20/h1-4,17-18H,(H,21,22)(H,23,24). The highest BCUT2D eigenvalue weighted by molar-refractivity contribution is 6.32. The number of hydrogen-bond donors (Lipinski definition) is 4. The predicted molar refractivity (Wildman–Crippen MR) is 77.0 cm³/mol. The van der Waals surface area contributed by atoms with Crippen molar-refractivity contribution in [2.45, 2.75) is 0 Å². The monoisotopic (exact) mass is 328 g/mol. The SMILES string of the molecule is O=C(O)c1ccc2c(c1C(=O)O)C(=O)c1c(O)ccc(O)c1C2=O. The smallest absolute Gasteiger partial charge is 0.337 e. The number of hydrogen-bond acceptors (Lipinski definition) is 6. The minimum absolute atomic E-state index is 0.351. The van der Waals surface area contributed by atoms with Crippen LogP contribution in [-0.4, -0.2) is 43.9 Å². The molecule has 0 aliphatic heterocycles. The van der Waals surface area contributed by atoms with Gasteiger partial charge in [0.15, 0.2) is 11.6 Å². The number of aromatic hydroxyl groups is 2. The van der Waals surface area contributed by atoms with Crippen molar-refractivity contribution in [3.05, 3.63) is 57.6 Å². The van der Waals surface area contributed by atoms with Crippen molar-refractivity contribution in [2.24, 2.45) is 0 Å². The van der Waals surface area contributed by atoms with Gasteiger partial charge in [0.25, 0.3) is 0 Å². The Morgan fingerprint density at radius 1 is 0.708 bits per heavy atom. The Balaban J connectivity index is 2.46. The van der Waals surface area contributed by atoms with E-state index >= 15 is 0 Å². The van der Waals surface area contributed by atoms with Gasteiger partial charge < -0.3 is 20.4 Å². The molecule has 0 amide bonds. The van der Waals surface area contributed by atoms with E-state index in [1.54, 1.807) is 0 Å². The maximum absolute atomic E-state index is 12.6. The first kappa shape index (κ1) is 15.2. The van der Waals surface area contributed by atoms with Crippen LogP contribution >= 0.6 is 0 Å². The van der Waals surface area contributed by atoms with Crippen LogP contribution in [0, 0.1) is 0 Å². The number of benzene rings is 2. The van der Waals surface area contributed by atoms with Crippen molar-refractivity contribution in [3.8, 4) is 11.5 Å². The van der Waals surface area contributed by atoms with E-state index in [2.05, 4.69) is 0 Å². The highest BCUT2D eigenvalue weighted by Crippen LogP contribution is 2.39. The molecule has 2 aromatic rings. The van der Waals surface area contributed by atoms with Crippen LogP contribution in [0.3, 0.4) is 0 Å². The van der Waals surface area contributed by atoms with Crippen molar-refractivity contribution in [1.29, 1.82) is 0 Å². The van der Waals surface area contributed by atoms with Crippen molar-refractivity contribution in [2.75, 3.05) is 0 Å². The summed E-state index contributed by atoms with van der Waals surface area (Å²) >= 11 is 0. The van der Waals surface area contributed by atoms with Gasteiger partial charge in [0.2, 0.25) is 0 Å². The molecule has 3 rings (SSSR count). The van der Waals surface area contributed by atoms with E-state index in [0.29, 0.717) is 0 Å². The summed E-state index contributed by atoms with van der Waals surface area (Å²) in [6.07, 6.45) is 0. The van der Waals surface area contributed by atoms with Gasteiger partial charge in [-0.15, -0.1) is 0 Å². The molecule has 24 heavy (non-hydrogen) atoms. The zero-order chi connectivity index (χ0) is 17.8. The molecule has 4 N–H and O–H groups in total. The van der Waals surface area contributed by atoms with E-state index in [-0.39, 0.29) is 5.56 Å². The summed E-state index contributed by atoms with van der Waals surface area (Å²) in [5, 5.41) is 38.1. The molecular formula is C16H8O8. The topological polar surface area (TPSA) is 149 Å². The summed E-state index contributed by atoms with van der Waals surface area (Å²) < 4.78 is 0. The lowest BCUT2D eigenvalue weighted by molar-refractivity contribution is 0.0649. The average Bonchev–Trinajstić information content (AvgIpc) is 2.53. The van der Waals surface area contributed by atoms with Gasteiger partial charge in [0.05, 0.1) is 22.3 Å². The molecular weight excluding hydrogens is 320 g/mol. The quantitative estimate of drug-likeness (QED) is 0.514. The summed E-state index contributed by atoms with van der Waals surface area (Å²) in [5.41, 5.74) is -3.49. The van der Waals surface area contributed by atoms with Gasteiger partial charge in [-0.25, -0.2) is 9.59 Å². The van der Waals surface area contributed by atoms with Gasteiger partial charge in [-0.05, 0) is 24.3 Å². The molecule has 0 radical (unpaired) electrons. The molecule has 0 heterocycles. The molecule has 0 unspecified atom stereocenters. The van der Waals surface area contributed by atoms with Gasteiger partial charge in [0.1, 0.15) is 11.5 Å². The van der Waals surface area contributed by atoms with Gasteiger partial charge in [0, 0.05) is 11.1 Å². The third-order valence-corrected chi connectivity index (χ3v) is 3.74. The Kier molecular flexibility index (Phi) is 3.12.